The Morgan fingerprint density at radius 2 is 1.04 bits per heavy atom. The lowest BCUT2D eigenvalue weighted by Crippen LogP contribution is -2.62. The number of nitrogens with one attached hydrogen (secondary N) is 15. The van der Waals surface area contributed by atoms with Crippen molar-refractivity contribution in [1.82, 2.24) is 89.0 Å². The van der Waals surface area contributed by atoms with Gasteiger partial charge < -0.3 is 117 Å². The number of H-pyrrole nitrogens is 2. The van der Waals surface area contributed by atoms with E-state index in [1.807, 2.05) is 0 Å². The number of nitrogens with two attached hydrogens (primary N) is 3. The molecule has 4 aromatic rings. The molecule has 0 saturated carbocycles. The second-order valence-electron chi connectivity index (χ2n) is 28.5. The van der Waals surface area contributed by atoms with E-state index in [0.717, 1.165) is 10.9 Å². The molecule has 2 aromatic heterocycles. The highest BCUT2D eigenvalue weighted by Crippen LogP contribution is 2.22. The number of hydrogen-bond donors (Lipinski definition) is 21. The minimum atomic E-state index is -1.88. The summed E-state index contributed by atoms with van der Waals surface area (Å²) in [5.74, 6) is -15.6. The van der Waals surface area contributed by atoms with Gasteiger partial charge in [0.2, 0.25) is 94.5 Å². The van der Waals surface area contributed by atoms with Gasteiger partial charge in [0.15, 0.2) is 0 Å². The van der Waals surface area contributed by atoms with Crippen molar-refractivity contribution in [3.8, 4) is 5.75 Å². The van der Waals surface area contributed by atoms with Crippen LogP contribution in [0.2, 0.25) is 0 Å². The third kappa shape index (κ3) is 29.1. The fourth-order valence-corrected chi connectivity index (χ4v) is 11.9. The summed E-state index contributed by atoms with van der Waals surface area (Å²) in [5, 5.41) is 64.0. The predicted molar refractivity (Wildman–Crippen MR) is 399 cm³/mol. The second-order valence-corrected chi connectivity index (χ2v) is 28.5. The van der Waals surface area contributed by atoms with Crippen molar-refractivity contribution in [2.45, 2.75) is 199 Å². The molecular formula is C72H106N20O19. The summed E-state index contributed by atoms with van der Waals surface area (Å²) in [5.41, 5.74) is 18.6. The number of phenolic OH excluding ortho intramolecular Hbond substituents is 1. The van der Waals surface area contributed by atoms with Crippen molar-refractivity contribution in [2.75, 3.05) is 32.8 Å². The molecule has 1 saturated heterocycles. The van der Waals surface area contributed by atoms with Gasteiger partial charge in [0.25, 0.3) is 0 Å². The van der Waals surface area contributed by atoms with Crippen molar-refractivity contribution in [2.24, 2.45) is 35.0 Å². The van der Waals surface area contributed by atoms with Gasteiger partial charge in [-0.25, -0.2) is 4.98 Å². The number of aromatic amines is 2. The van der Waals surface area contributed by atoms with Crippen LogP contribution >= 0.6 is 0 Å². The van der Waals surface area contributed by atoms with Gasteiger partial charge in [-0.3, -0.25) is 76.7 Å². The van der Waals surface area contributed by atoms with Gasteiger partial charge in [-0.15, -0.1) is 0 Å². The van der Waals surface area contributed by atoms with Crippen LogP contribution in [0.1, 0.15) is 118 Å². The van der Waals surface area contributed by atoms with Crippen molar-refractivity contribution in [1.29, 1.82) is 0 Å². The number of fused-ring (bicyclic) bond motifs is 1. The zero-order valence-corrected chi connectivity index (χ0v) is 63.5. The Labute approximate surface area is 640 Å². The standard InChI is InChI=1S/C72H106N20O19/c1-35(2)21-47(63(102)79-32-59(99)92-20-12-15-55(92)71(110)88-52(26-43-30-76-34-80-43)64(103)81-38(7)61(75)100)85-65(104)48(22-36(3)4)86-67(106)50(24-41-16-18-44(95)19-17-41)84-58(98)31-78-62(101)39(8)82-70(109)54(33-93)90-68(107)53(27-56(74)96)87-66(105)49(23-37(5)6)89-72(111)60(40(9)94)91-69(108)51(83-57(97)28-73)25-42-29-77-46-14-11-10-13-45(42)46/h10-11,13-14,16-19,29-30,34-40,47-55,60,77,93-95H,12,15,20-28,31-33,73H2,1-9H3,(H2,74,96)(H2,75,100)(H,76,80)(H,78,101)(H,79,102)(H,81,103)(H,82,109)(H,83,97)(H,84,98)(H,85,104)(H,86,106)(H,87,105)(H,88,110)(H,89,111)(H,90,107)(H,91,108)/t38-,39-,40+,47-,48-,49-,50-,51+,52-,53-,54-,55-,60-/m0/s1. The Morgan fingerprint density at radius 1 is 0.532 bits per heavy atom. The summed E-state index contributed by atoms with van der Waals surface area (Å²) in [6.07, 6.45) is 2.11. The maximum atomic E-state index is 14.4. The fourth-order valence-electron chi connectivity index (χ4n) is 11.9. The normalized spacial score (nSPS) is 15.9. The summed E-state index contributed by atoms with van der Waals surface area (Å²) >= 11 is 0. The van der Waals surface area contributed by atoms with Crippen LogP contribution in [0.3, 0.4) is 0 Å². The van der Waals surface area contributed by atoms with Crippen LogP contribution in [0, 0.1) is 17.8 Å². The van der Waals surface area contributed by atoms with Gasteiger partial charge in [0.05, 0.1) is 45.1 Å². The van der Waals surface area contributed by atoms with Gasteiger partial charge in [-0.1, -0.05) is 71.9 Å². The molecule has 608 valence electrons. The number of aliphatic hydroxyl groups is 2. The van der Waals surface area contributed by atoms with E-state index in [2.05, 4.69) is 84.1 Å². The van der Waals surface area contributed by atoms with Crippen molar-refractivity contribution < 1.29 is 92.0 Å². The van der Waals surface area contributed by atoms with Crippen LogP contribution in [0.5, 0.6) is 5.75 Å². The van der Waals surface area contributed by atoms with Gasteiger partial charge in [0.1, 0.15) is 78.3 Å². The highest BCUT2D eigenvalue weighted by molar-refractivity contribution is 6.01. The Kier molecular flexibility index (Phi) is 35.3. The molecule has 1 aliphatic heterocycles. The van der Waals surface area contributed by atoms with Crippen molar-refractivity contribution in [3.05, 3.63) is 84.1 Å². The number of aromatic hydroxyl groups is 1. The average molecular weight is 1560 g/mol. The third-order valence-corrected chi connectivity index (χ3v) is 17.8. The zero-order chi connectivity index (χ0) is 82.5. The number of amides is 16. The molecule has 16 amide bonds. The molecule has 0 spiro atoms. The van der Waals surface area contributed by atoms with Crippen LogP contribution in [-0.4, -0.2) is 241 Å². The molecule has 0 unspecified atom stereocenters. The van der Waals surface area contributed by atoms with Gasteiger partial charge in [-0.2, -0.15) is 0 Å². The highest BCUT2D eigenvalue weighted by Gasteiger charge is 2.40. The molecule has 0 aliphatic carbocycles. The summed E-state index contributed by atoms with van der Waals surface area (Å²) in [7, 11) is 0. The van der Waals surface area contributed by atoms with Crippen LogP contribution < -0.4 is 86.3 Å². The van der Waals surface area contributed by atoms with E-state index >= 15 is 0 Å². The van der Waals surface area contributed by atoms with Crippen LogP contribution in [-0.2, 0) is 96.0 Å². The first kappa shape index (κ1) is 90.0. The van der Waals surface area contributed by atoms with Crippen LogP contribution in [0.15, 0.2) is 67.3 Å². The molecule has 111 heavy (non-hydrogen) atoms. The first-order valence-electron chi connectivity index (χ1n) is 36.4. The Balaban J connectivity index is 1.20. The molecular weight excluding hydrogens is 1450 g/mol. The number of primary amides is 2. The molecule has 39 nitrogen and oxygen atoms in total. The molecule has 0 radical (unpaired) electrons. The summed E-state index contributed by atoms with van der Waals surface area (Å²) in [4.78, 5) is 228. The van der Waals surface area contributed by atoms with E-state index in [0.29, 0.717) is 23.2 Å². The van der Waals surface area contributed by atoms with E-state index in [9.17, 15) is 92.0 Å². The average Bonchev–Trinajstić information content (AvgIpc) is 1.71. The monoisotopic (exact) mass is 1550 g/mol. The Morgan fingerprint density at radius 3 is 1.60 bits per heavy atom. The molecule has 1 fully saturated rings. The lowest BCUT2D eigenvalue weighted by molar-refractivity contribution is -0.140. The SMILES string of the molecule is CC(C)C[C@H](NC(=O)[C@H](CC(C)C)NC(=O)[C@H](Cc1ccc(O)cc1)NC(=O)CNC(=O)[C@H](C)NC(=O)[C@H](CO)NC(=O)[C@H](CC(N)=O)NC(=O)[C@H](CC(C)C)NC(=O)[C@@H](NC(=O)[C@@H](Cc1c[nH]c2ccccc12)NC(=O)CN)[C@@H](C)O)C(=O)NCC(=O)N1CCC[C@H]1C(=O)N[C@@H](Cc1cnc[nH]1)C(=O)N[C@@H](C)C(N)=O. The van der Waals surface area contributed by atoms with E-state index in [-0.39, 0.29) is 75.0 Å². The number of carbonyl (C=O) groups excluding carboxylic acids is 16. The number of likely N-dealkylation sites (tertiary alicyclic amines) is 1. The minimum Gasteiger partial charge on any atom is -0.508 e. The number of aromatic nitrogens is 3. The molecule has 1 aliphatic rings. The number of para-hydroxylation sites is 1. The summed E-state index contributed by atoms with van der Waals surface area (Å²) < 4.78 is 0. The Bertz CT molecular complexity index is 3920. The summed E-state index contributed by atoms with van der Waals surface area (Å²) in [6.45, 7) is 11.2. The van der Waals surface area contributed by atoms with E-state index in [1.54, 1.807) is 72.0 Å². The molecule has 2 aromatic carbocycles. The summed E-state index contributed by atoms with van der Waals surface area (Å²) in [6, 6.07) is -4.58. The van der Waals surface area contributed by atoms with Crippen molar-refractivity contribution >= 4 is 105 Å². The van der Waals surface area contributed by atoms with Crippen LogP contribution in [0.4, 0.5) is 0 Å². The van der Waals surface area contributed by atoms with Crippen molar-refractivity contribution in [3.63, 3.8) is 0 Å². The minimum absolute atomic E-state index is 0.00113. The fraction of sp³-hybridized carbons (Fsp3) is 0.542. The maximum absolute atomic E-state index is 14.4. The molecule has 13 atom stereocenters. The Hall–Kier alpha value is -11.6. The van der Waals surface area contributed by atoms with E-state index < -0.39 is 206 Å². The first-order chi connectivity index (χ1) is 52.4. The molecule has 3 heterocycles. The highest BCUT2D eigenvalue weighted by atomic mass is 16.3. The number of phenols is 1. The predicted octanol–water partition coefficient (Wildman–Crippen LogP) is -5.95. The number of imidazole rings is 1. The van der Waals surface area contributed by atoms with E-state index in [1.165, 1.54) is 62.5 Å². The topological polar surface area (TPSA) is 616 Å². The molecule has 0 bridgehead atoms. The first-order valence-corrected chi connectivity index (χ1v) is 36.4. The number of benzene rings is 2. The van der Waals surface area contributed by atoms with E-state index in [4.69, 9.17) is 17.2 Å². The quantitative estimate of drug-likeness (QED) is 0.0196. The zero-order valence-electron chi connectivity index (χ0n) is 63.5. The number of carbonyl (C=O) groups is 16. The van der Waals surface area contributed by atoms with Gasteiger partial charge >= 0.3 is 0 Å². The van der Waals surface area contributed by atoms with Gasteiger partial charge in [0, 0.05) is 54.8 Å². The molecule has 24 N–H and O–H groups in total. The van der Waals surface area contributed by atoms with Gasteiger partial charge in [-0.05, 0) is 100.0 Å². The number of rotatable bonds is 44. The second kappa shape index (κ2) is 43.5. The number of hydrogen-bond acceptors (Lipinski definition) is 21. The maximum Gasteiger partial charge on any atom is 0.245 e. The smallest absolute Gasteiger partial charge is 0.245 e. The molecule has 39 heteroatoms. The molecule has 5 rings (SSSR count). The largest absolute Gasteiger partial charge is 0.508 e. The van der Waals surface area contributed by atoms with Crippen LogP contribution in [0.25, 0.3) is 10.9 Å². The number of aliphatic hydroxyl groups excluding tert-OH is 2. The lowest BCUT2D eigenvalue weighted by Gasteiger charge is -2.28. The lowest BCUT2D eigenvalue weighted by atomic mass is 9.99. The number of nitrogens with zero attached hydrogens (tertiary/aromatic N) is 2. The third-order valence-electron chi connectivity index (χ3n) is 17.8.